The van der Waals surface area contributed by atoms with Gasteiger partial charge in [0.2, 0.25) is 0 Å². The Morgan fingerprint density at radius 2 is 1.69 bits per heavy atom. The molecule has 0 spiro atoms. The van der Waals surface area contributed by atoms with Crippen LogP contribution in [0.25, 0.3) is 5.76 Å². The zero-order valence-electron chi connectivity index (χ0n) is 20.2. The minimum atomic E-state index is -0.887. The van der Waals surface area contributed by atoms with E-state index in [0.717, 1.165) is 12.1 Å². The summed E-state index contributed by atoms with van der Waals surface area (Å²) in [5.74, 6) is -1.41. The molecular formula is C28H26Cl2N2O4. The minimum Gasteiger partial charge on any atom is -0.507 e. The number of rotatable bonds is 7. The smallest absolute Gasteiger partial charge is 0.300 e. The zero-order chi connectivity index (χ0) is 26.0. The van der Waals surface area contributed by atoms with Gasteiger partial charge in [-0.15, -0.1) is 0 Å². The first-order valence-corrected chi connectivity index (χ1v) is 12.3. The largest absolute Gasteiger partial charge is 0.507 e. The maximum absolute atomic E-state index is 13.5. The van der Waals surface area contributed by atoms with Gasteiger partial charge in [-0.25, -0.2) is 0 Å². The number of ether oxygens (including phenoxy) is 1. The predicted octanol–water partition coefficient (Wildman–Crippen LogP) is 6.47. The SMILES string of the molecule is CCCOc1ccccc1N1C(=O)C(=O)/C(=C(\O)c2ccc(Cl)c(Cl)c2)C1c1ccc(N(C)C)cc1. The van der Waals surface area contributed by atoms with Crippen LogP contribution in [-0.4, -0.2) is 37.5 Å². The molecule has 1 amide bonds. The van der Waals surface area contributed by atoms with Crippen LogP contribution in [0.4, 0.5) is 11.4 Å². The van der Waals surface area contributed by atoms with Crippen LogP contribution in [-0.2, 0) is 9.59 Å². The van der Waals surface area contributed by atoms with Crippen LogP contribution in [0.15, 0.2) is 72.3 Å². The first-order chi connectivity index (χ1) is 17.2. The van der Waals surface area contributed by atoms with Gasteiger partial charge in [0.1, 0.15) is 11.5 Å². The lowest BCUT2D eigenvalue weighted by Gasteiger charge is -2.27. The molecule has 0 radical (unpaired) electrons. The highest BCUT2D eigenvalue weighted by molar-refractivity contribution is 6.52. The standard InChI is InChI=1S/C28H26Cl2N2O4/c1-4-15-36-23-8-6-5-7-22(23)32-25(17-9-12-19(13-10-17)31(2)3)24(27(34)28(32)35)26(33)18-11-14-20(29)21(30)16-18/h5-14,16,25,33H,4,15H2,1-3H3/b26-24-. The van der Waals surface area contributed by atoms with E-state index in [1.54, 1.807) is 24.3 Å². The van der Waals surface area contributed by atoms with Crippen molar-refractivity contribution < 1.29 is 19.4 Å². The number of halogens is 2. The summed E-state index contributed by atoms with van der Waals surface area (Å²) in [6.45, 7) is 2.44. The number of benzene rings is 3. The Bertz CT molecular complexity index is 1340. The highest BCUT2D eigenvalue weighted by Crippen LogP contribution is 2.45. The van der Waals surface area contributed by atoms with Gasteiger partial charge >= 0.3 is 0 Å². The van der Waals surface area contributed by atoms with E-state index in [9.17, 15) is 14.7 Å². The minimum absolute atomic E-state index is 0.0405. The van der Waals surface area contributed by atoms with Crippen LogP contribution >= 0.6 is 23.2 Å². The number of para-hydroxylation sites is 2. The maximum atomic E-state index is 13.5. The van der Waals surface area contributed by atoms with E-state index >= 15 is 0 Å². The number of carbonyl (C=O) groups is 2. The van der Waals surface area contributed by atoms with E-state index in [4.69, 9.17) is 27.9 Å². The van der Waals surface area contributed by atoms with E-state index in [0.29, 0.717) is 28.6 Å². The van der Waals surface area contributed by atoms with E-state index in [-0.39, 0.29) is 21.9 Å². The number of hydrogen-bond acceptors (Lipinski definition) is 5. The zero-order valence-corrected chi connectivity index (χ0v) is 21.7. The normalized spacial score (nSPS) is 16.9. The van der Waals surface area contributed by atoms with E-state index in [1.165, 1.54) is 17.0 Å². The molecule has 3 aromatic carbocycles. The summed E-state index contributed by atoms with van der Waals surface area (Å²) in [6, 6.07) is 18.2. The monoisotopic (exact) mass is 524 g/mol. The van der Waals surface area contributed by atoms with Crippen LogP contribution in [0.1, 0.15) is 30.5 Å². The molecule has 6 nitrogen and oxygen atoms in total. The van der Waals surface area contributed by atoms with Gasteiger partial charge in [0.15, 0.2) is 0 Å². The van der Waals surface area contributed by atoms with Crippen molar-refractivity contribution in [3.63, 3.8) is 0 Å². The average molecular weight is 525 g/mol. The lowest BCUT2D eigenvalue weighted by atomic mass is 9.95. The summed E-state index contributed by atoms with van der Waals surface area (Å²) in [6.07, 6.45) is 0.778. The van der Waals surface area contributed by atoms with Crippen molar-refractivity contribution >= 4 is 52.0 Å². The summed E-state index contributed by atoms with van der Waals surface area (Å²) in [5.41, 5.74) is 2.30. The number of ketones is 1. The molecule has 0 aliphatic carbocycles. The predicted molar refractivity (Wildman–Crippen MR) is 144 cm³/mol. The summed E-state index contributed by atoms with van der Waals surface area (Å²) < 4.78 is 5.90. The molecule has 1 saturated heterocycles. The molecule has 8 heteroatoms. The Kier molecular flexibility index (Phi) is 7.57. The second-order valence-electron chi connectivity index (χ2n) is 8.60. The molecule has 1 fully saturated rings. The molecule has 0 bridgehead atoms. The fraction of sp³-hybridized carbons (Fsp3) is 0.214. The lowest BCUT2D eigenvalue weighted by Crippen LogP contribution is -2.30. The van der Waals surface area contributed by atoms with Crippen molar-refractivity contribution in [1.82, 2.24) is 0 Å². The van der Waals surface area contributed by atoms with Gasteiger partial charge in [-0.2, -0.15) is 0 Å². The van der Waals surface area contributed by atoms with Gasteiger partial charge in [0, 0.05) is 25.3 Å². The van der Waals surface area contributed by atoms with Crippen LogP contribution < -0.4 is 14.5 Å². The second-order valence-corrected chi connectivity index (χ2v) is 9.41. The Morgan fingerprint density at radius 1 is 1.00 bits per heavy atom. The van der Waals surface area contributed by atoms with Gasteiger partial charge in [-0.1, -0.05) is 54.4 Å². The van der Waals surface area contributed by atoms with Crippen LogP contribution in [0.5, 0.6) is 5.75 Å². The molecule has 1 heterocycles. The highest BCUT2D eigenvalue weighted by Gasteiger charge is 2.47. The molecule has 1 atom stereocenters. The van der Waals surface area contributed by atoms with Crippen LogP contribution in [0.3, 0.4) is 0 Å². The van der Waals surface area contributed by atoms with Gasteiger partial charge in [0.25, 0.3) is 11.7 Å². The molecular weight excluding hydrogens is 499 g/mol. The quantitative estimate of drug-likeness (QED) is 0.217. The first kappa shape index (κ1) is 25.6. The summed E-state index contributed by atoms with van der Waals surface area (Å²) >= 11 is 12.2. The molecule has 3 aromatic rings. The lowest BCUT2D eigenvalue weighted by molar-refractivity contribution is -0.132. The third kappa shape index (κ3) is 4.79. The maximum Gasteiger partial charge on any atom is 0.300 e. The average Bonchev–Trinajstić information content (AvgIpc) is 3.14. The highest BCUT2D eigenvalue weighted by atomic mass is 35.5. The third-order valence-electron chi connectivity index (χ3n) is 5.95. The van der Waals surface area contributed by atoms with Crippen molar-refractivity contribution in [2.75, 3.05) is 30.5 Å². The van der Waals surface area contributed by atoms with Gasteiger partial charge < -0.3 is 14.7 Å². The molecule has 36 heavy (non-hydrogen) atoms. The summed E-state index contributed by atoms with van der Waals surface area (Å²) in [7, 11) is 3.85. The number of hydrogen-bond donors (Lipinski definition) is 1. The number of Topliss-reactive ketones (excluding diaryl/α,β-unsaturated/α-hetero) is 1. The number of amides is 1. The number of anilines is 2. The number of carbonyl (C=O) groups excluding carboxylic acids is 2. The fourth-order valence-corrected chi connectivity index (χ4v) is 4.44. The molecule has 1 N–H and O–H groups in total. The van der Waals surface area contributed by atoms with Gasteiger partial charge in [0.05, 0.1) is 34.0 Å². The summed E-state index contributed by atoms with van der Waals surface area (Å²) in [4.78, 5) is 30.2. The molecule has 1 unspecified atom stereocenters. The number of aliphatic hydroxyl groups excluding tert-OH is 1. The van der Waals surface area contributed by atoms with E-state index < -0.39 is 17.7 Å². The molecule has 186 valence electrons. The van der Waals surface area contributed by atoms with E-state index in [2.05, 4.69) is 0 Å². The van der Waals surface area contributed by atoms with Gasteiger partial charge in [-0.3, -0.25) is 14.5 Å². The van der Waals surface area contributed by atoms with Crippen LogP contribution in [0, 0.1) is 0 Å². The molecule has 1 aliphatic rings. The molecule has 0 aromatic heterocycles. The molecule has 0 saturated carbocycles. The topological polar surface area (TPSA) is 70.1 Å². The Hall–Kier alpha value is -3.48. The molecule has 1 aliphatic heterocycles. The summed E-state index contributed by atoms with van der Waals surface area (Å²) in [5, 5.41) is 11.8. The van der Waals surface area contributed by atoms with Crippen molar-refractivity contribution in [3.05, 3.63) is 93.5 Å². The van der Waals surface area contributed by atoms with Crippen molar-refractivity contribution in [1.29, 1.82) is 0 Å². The van der Waals surface area contributed by atoms with Crippen molar-refractivity contribution in [2.45, 2.75) is 19.4 Å². The first-order valence-electron chi connectivity index (χ1n) is 11.5. The van der Waals surface area contributed by atoms with E-state index in [1.807, 2.05) is 56.3 Å². The number of aliphatic hydroxyl groups is 1. The Labute approximate surface area is 220 Å². The fourth-order valence-electron chi connectivity index (χ4n) is 4.14. The Balaban J connectivity index is 1.94. The third-order valence-corrected chi connectivity index (χ3v) is 6.69. The number of nitrogens with zero attached hydrogens (tertiary/aromatic N) is 2. The Morgan fingerprint density at radius 3 is 2.33 bits per heavy atom. The second kappa shape index (κ2) is 10.6. The van der Waals surface area contributed by atoms with Gasteiger partial charge in [-0.05, 0) is 54.4 Å². The van der Waals surface area contributed by atoms with Crippen molar-refractivity contribution in [2.24, 2.45) is 0 Å². The van der Waals surface area contributed by atoms with Crippen molar-refractivity contribution in [3.8, 4) is 5.75 Å². The van der Waals surface area contributed by atoms with Crippen LogP contribution in [0.2, 0.25) is 10.0 Å². The molecule has 4 rings (SSSR count).